The number of benzene rings is 2. The van der Waals surface area contributed by atoms with Gasteiger partial charge in [-0.25, -0.2) is 4.98 Å². The lowest BCUT2D eigenvalue weighted by Gasteiger charge is -2.25. The van der Waals surface area contributed by atoms with Crippen molar-refractivity contribution >= 4 is 35.0 Å². The molecular formula is C28H28ClN3O2S. The van der Waals surface area contributed by atoms with Gasteiger partial charge in [-0.2, -0.15) is 5.26 Å². The van der Waals surface area contributed by atoms with E-state index in [0.29, 0.717) is 39.4 Å². The molecule has 1 heterocycles. The lowest BCUT2D eigenvalue weighted by molar-refractivity contribution is -0.115. The number of hydrogen-bond donors (Lipinski definition) is 1. The molecule has 35 heavy (non-hydrogen) atoms. The average Bonchev–Trinajstić information content (AvgIpc) is 2.88. The lowest BCUT2D eigenvalue weighted by atomic mass is 9.82. The Balaban J connectivity index is 1.54. The zero-order valence-electron chi connectivity index (χ0n) is 20.1. The summed E-state index contributed by atoms with van der Waals surface area (Å²) in [6.45, 7) is 3.83. The van der Waals surface area contributed by atoms with Gasteiger partial charge in [0.05, 0.1) is 23.6 Å². The number of nitriles is 1. The van der Waals surface area contributed by atoms with Crippen molar-refractivity contribution in [3.63, 3.8) is 0 Å². The Morgan fingerprint density at radius 1 is 1.31 bits per heavy atom. The maximum absolute atomic E-state index is 13.2. The molecule has 0 radical (unpaired) electrons. The van der Waals surface area contributed by atoms with E-state index in [2.05, 4.69) is 35.7 Å². The summed E-state index contributed by atoms with van der Waals surface area (Å²) >= 11 is 7.54. The SMILES string of the molecule is CCC(Sc1nc2c(cc1C#N)CC(c1ccccc1)CC2)C(=O)Nc1cc(C)c(Cl)cc1OC. The van der Waals surface area contributed by atoms with E-state index >= 15 is 0 Å². The number of fused-ring (bicyclic) bond motifs is 1. The van der Waals surface area contributed by atoms with Crippen LogP contribution in [0.3, 0.4) is 0 Å². The Kier molecular flexibility index (Phi) is 8.00. The van der Waals surface area contributed by atoms with Crippen molar-refractivity contribution in [3.05, 3.63) is 81.5 Å². The molecule has 1 amide bonds. The Labute approximate surface area is 215 Å². The molecule has 0 saturated heterocycles. The molecule has 4 rings (SSSR count). The third-order valence-electron chi connectivity index (χ3n) is 6.40. The summed E-state index contributed by atoms with van der Waals surface area (Å²) in [6, 6.07) is 18.3. The third kappa shape index (κ3) is 5.63. The number of hydrogen-bond acceptors (Lipinski definition) is 5. The van der Waals surface area contributed by atoms with Crippen molar-refractivity contribution in [2.24, 2.45) is 0 Å². The van der Waals surface area contributed by atoms with Crippen LogP contribution in [0.5, 0.6) is 5.75 Å². The molecule has 2 unspecified atom stereocenters. The second-order valence-electron chi connectivity index (χ2n) is 8.71. The molecule has 0 spiro atoms. The Bertz CT molecular complexity index is 1270. The van der Waals surface area contributed by atoms with Gasteiger partial charge in [-0.1, -0.05) is 60.6 Å². The van der Waals surface area contributed by atoms with Gasteiger partial charge in [0.2, 0.25) is 5.91 Å². The first-order chi connectivity index (χ1) is 16.9. The number of aryl methyl sites for hydroxylation is 2. The summed E-state index contributed by atoms with van der Waals surface area (Å²) in [5.41, 5.74) is 5.43. The zero-order chi connectivity index (χ0) is 24.9. The van der Waals surface area contributed by atoms with E-state index in [1.165, 1.54) is 17.3 Å². The summed E-state index contributed by atoms with van der Waals surface area (Å²) in [5, 5.41) is 13.6. The molecule has 7 heteroatoms. The van der Waals surface area contributed by atoms with Crippen molar-refractivity contribution in [2.45, 2.75) is 55.7 Å². The molecule has 2 aromatic carbocycles. The van der Waals surface area contributed by atoms with Crippen LogP contribution in [-0.2, 0) is 17.6 Å². The highest BCUT2D eigenvalue weighted by molar-refractivity contribution is 8.00. The minimum absolute atomic E-state index is 0.162. The van der Waals surface area contributed by atoms with Gasteiger partial charge in [-0.15, -0.1) is 0 Å². The molecule has 0 saturated carbocycles. The third-order valence-corrected chi connectivity index (χ3v) is 8.17. The second-order valence-corrected chi connectivity index (χ2v) is 10.3. The summed E-state index contributed by atoms with van der Waals surface area (Å²) < 4.78 is 5.39. The van der Waals surface area contributed by atoms with Crippen LogP contribution in [-0.4, -0.2) is 23.3 Å². The van der Waals surface area contributed by atoms with Gasteiger partial charge >= 0.3 is 0 Å². The van der Waals surface area contributed by atoms with Gasteiger partial charge in [-0.3, -0.25) is 4.79 Å². The van der Waals surface area contributed by atoms with Gasteiger partial charge in [0, 0.05) is 16.8 Å². The van der Waals surface area contributed by atoms with Crippen molar-refractivity contribution in [2.75, 3.05) is 12.4 Å². The smallest absolute Gasteiger partial charge is 0.238 e. The van der Waals surface area contributed by atoms with Gasteiger partial charge in [0.15, 0.2) is 0 Å². The van der Waals surface area contributed by atoms with Crippen LogP contribution in [0, 0.1) is 18.3 Å². The van der Waals surface area contributed by atoms with E-state index in [9.17, 15) is 10.1 Å². The topological polar surface area (TPSA) is 75.0 Å². The molecule has 3 aromatic rings. The predicted molar refractivity (Wildman–Crippen MR) is 141 cm³/mol. The van der Waals surface area contributed by atoms with Crippen molar-refractivity contribution in [1.29, 1.82) is 5.26 Å². The number of nitrogens with zero attached hydrogens (tertiary/aromatic N) is 2. The van der Waals surface area contributed by atoms with E-state index in [0.717, 1.165) is 36.1 Å². The minimum atomic E-state index is -0.408. The number of pyridine rings is 1. The minimum Gasteiger partial charge on any atom is -0.495 e. The van der Waals surface area contributed by atoms with Crippen molar-refractivity contribution in [3.8, 4) is 11.8 Å². The van der Waals surface area contributed by atoms with Gasteiger partial charge in [-0.05, 0) is 67.3 Å². The van der Waals surface area contributed by atoms with Gasteiger partial charge in [0.1, 0.15) is 16.8 Å². The van der Waals surface area contributed by atoms with E-state index < -0.39 is 5.25 Å². The quantitative estimate of drug-likeness (QED) is 0.361. The fourth-order valence-corrected chi connectivity index (χ4v) is 5.58. The van der Waals surface area contributed by atoms with Crippen molar-refractivity contribution in [1.82, 2.24) is 4.98 Å². The maximum Gasteiger partial charge on any atom is 0.238 e. The lowest BCUT2D eigenvalue weighted by Crippen LogP contribution is -2.25. The highest BCUT2D eigenvalue weighted by Gasteiger charge is 2.26. The summed E-state index contributed by atoms with van der Waals surface area (Å²) in [6.07, 6.45) is 3.34. The number of anilines is 1. The fourth-order valence-electron chi connectivity index (χ4n) is 4.43. The number of ether oxygens (including phenoxy) is 1. The predicted octanol–water partition coefficient (Wildman–Crippen LogP) is 6.71. The first-order valence-electron chi connectivity index (χ1n) is 11.7. The second kappa shape index (κ2) is 11.2. The standard InChI is InChI=1S/C28H28ClN3O2S/c1-4-26(27(33)31-24-12-17(2)22(29)15-25(24)34-3)35-28-21(16-30)14-20-13-19(10-11-23(20)32-28)18-8-6-5-7-9-18/h5-9,12,14-15,19,26H,4,10-11,13H2,1-3H3,(H,31,33). The summed E-state index contributed by atoms with van der Waals surface area (Å²) in [4.78, 5) is 18.0. The molecule has 0 bridgehead atoms. The largest absolute Gasteiger partial charge is 0.495 e. The fraction of sp³-hybridized carbons (Fsp3) is 0.321. The number of methoxy groups -OCH3 is 1. The molecule has 1 aliphatic carbocycles. The number of rotatable bonds is 7. The molecule has 1 aliphatic rings. The number of amides is 1. The van der Waals surface area contributed by atoms with Crippen molar-refractivity contribution < 1.29 is 9.53 Å². The molecule has 1 aromatic heterocycles. The molecular weight excluding hydrogens is 478 g/mol. The highest BCUT2D eigenvalue weighted by atomic mass is 35.5. The number of aromatic nitrogens is 1. The molecule has 0 fully saturated rings. The zero-order valence-corrected chi connectivity index (χ0v) is 21.7. The van der Waals surface area contributed by atoms with Gasteiger partial charge in [0.25, 0.3) is 0 Å². The normalized spacial score (nSPS) is 15.6. The molecule has 2 atom stereocenters. The first-order valence-corrected chi connectivity index (χ1v) is 13.0. The first kappa shape index (κ1) is 25.1. The van der Waals surface area contributed by atoms with Gasteiger partial charge < -0.3 is 10.1 Å². The summed E-state index contributed by atoms with van der Waals surface area (Å²) in [5.74, 6) is 0.777. The number of carbonyl (C=O) groups is 1. The van der Waals surface area contributed by atoms with Crippen LogP contribution in [0.1, 0.15) is 53.6 Å². The molecule has 5 nitrogen and oxygen atoms in total. The van der Waals surface area contributed by atoms with Crippen LogP contribution in [0.2, 0.25) is 5.02 Å². The monoisotopic (exact) mass is 505 g/mol. The van der Waals surface area contributed by atoms with Crippen LogP contribution in [0.15, 0.2) is 53.6 Å². The maximum atomic E-state index is 13.2. The van der Waals surface area contributed by atoms with E-state index in [1.54, 1.807) is 19.2 Å². The number of halogens is 1. The average molecular weight is 506 g/mol. The summed E-state index contributed by atoms with van der Waals surface area (Å²) in [7, 11) is 1.54. The molecule has 180 valence electrons. The Hall–Kier alpha value is -3.01. The Morgan fingerprint density at radius 3 is 2.77 bits per heavy atom. The van der Waals surface area contributed by atoms with Crippen LogP contribution < -0.4 is 10.1 Å². The Morgan fingerprint density at radius 2 is 2.09 bits per heavy atom. The van der Waals surface area contributed by atoms with Crippen LogP contribution >= 0.6 is 23.4 Å². The van der Waals surface area contributed by atoms with Crippen LogP contribution in [0.25, 0.3) is 0 Å². The number of nitrogens with one attached hydrogen (secondary N) is 1. The van der Waals surface area contributed by atoms with Crippen LogP contribution in [0.4, 0.5) is 5.69 Å². The molecule has 1 N–H and O–H groups in total. The highest BCUT2D eigenvalue weighted by Crippen LogP contribution is 2.36. The van der Waals surface area contributed by atoms with E-state index in [4.69, 9.17) is 21.3 Å². The number of thioether (sulfide) groups is 1. The number of carbonyl (C=O) groups excluding carboxylic acids is 1. The molecule has 0 aliphatic heterocycles. The van der Waals surface area contributed by atoms with E-state index in [1.807, 2.05) is 26.0 Å². The van der Waals surface area contributed by atoms with E-state index in [-0.39, 0.29) is 5.91 Å².